The van der Waals surface area contributed by atoms with E-state index >= 15 is 0 Å². The van der Waals surface area contributed by atoms with Crippen LogP contribution in [0.2, 0.25) is 5.02 Å². The lowest BCUT2D eigenvalue weighted by atomic mass is 10.3. The molecule has 0 amide bonds. The van der Waals surface area contributed by atoms with Crippen LogP contribution >= 0.6 is 23.4 Å². The third-order valence-electron chi connectivity index (χ3n) is 2.04. The van der Waals surface area contributed by atoms with E-state index in [-0.39, 0.29) is 0 Å². The van der Waals surface area contributed by atoms with Crippen molar-refractivity contribution in [2.24, 2.45) is 0 Å². The van der Waals surface area contributed by atoms with Crippen molar-refractivity contribution < 1.29 is 0 Å². The second-order valence-corrected chi connectivity index (χ2v) is 5.16. The van der Waals surface area contributed by atoms with Crippen LogP contribution in [0.25, 0.3) is 0 Å². The third kappa shape index (κ3) is 5.59. The first kappa shape index (κ1) is 13.6. The first-order valence-corrected chi connectivity index (χ1v) is 6.84. The molecule has 1 aromatic carbocycles. The van der Waals surface area contributed by atoms with E-state index in [1.54, 1.807) is 11.8 Å². The van der Waals surface area contributed by atoms with Gasteiger partial charge in [-0.05, 0) is 31.2 Å². The molecule has 0 aromatic heterocycles. The van der Waals surface area contributed by atoms with E-state index in [4.69, 9.17) is 11.6 Å². The Morgan fingerprint density at radius 3 is 3.00 bits per heavy atom. The fourth-order valence-corrected chi connectivity index (χ4v) is 2.35. The van der Waals surface area contributed by atoms with E-state index < -0.39 is 0 Å². The summed E-state index contributed by atoms with van der Waals surface area (Å²) >= 11 is 7.69. The van der Waals surface area contributed by atoms with E-state index in [1.807, 2.05) is 18.2 Å². The standard InChI is InChI=1S/C13H18ClNS/c1-3-7-15-9-11(2)10-16-13-6-4-5-12(14)8-13/h4-6,8,15H,2-3,7,9-10H2,1H3. The highest BCUT2D eigenvalue weighted by Gasteiger charge is 1.98. The maximum atomic E-state index is 5.91. The van der Waals surface area contributed by atoms with Crippen molar-refractivity contribution in [3.8, 4) is 0 Å². The first-order chi connectivity index (χ1) is 7.72. The van der Waals surface area contributed by atoms with Crippen molar-refractivity contribution in [1.82, 2.24) is 5.32 Å². The molecule has 0 unspecified atom stereocenters. The molecular weight excluding hydrogens is 238 g/mol. The number of rotatable bonds is 7. The van der Waals surface area contributed by atoms with Gasteiger partial charge in [-0.25, -0.2) is 0 Å². The summed E-state index contributed by atoms with van der Waals surface area (Å²) in [5.74, 6) is 0.942. The van der Waals surface area contributed by atoms with Crippen LogP contribution in [0.3, 0.4) is 0 Å². The summed E-state index contributed by atoms with van der Waals surface area (Å²) < 4.78 is 0. The van der Waals surface area contributed by atoms with Crippen LogP contribution in [-0.4, -0.2) is 18.8 Å². The molecule has 0 aliphatic rings. The topological polar surface area (TPSA) is 12.0 Å². The van der Waals surface area contributed by atoms with Crippen LogP contribution in [0.5, 0.6) is 0 Å². The highest BCUT2D eigenvalue weighted by Crippen LogP contribution is 2.22. The van der Waals surface area contributed by atoms with Gasteiger partial charge < -0.3 is 5.32 Å². The predicted octanol–water partition coefficient (Wildman–Crippen LogP) is 3.99. The van der Waals surface area contributed by atoms with E-state index in [0.717, 1.165) is 30.3 Å². The molecule has 3 heteroatoms. The Bertz CT molecular complexity index is 338. The number of halogens is 1. The number of hydrogen-bond acceptors (Lipinski definition) is 2. The molecule has 0 saturated heterocycles. The number of nitrogens with one attached hydrogen (secondary N) is 1. The van der Waals surface area contributed by atoms with Crippen molar-refractivity contribution in [1.29, 1.82) is 0 Å². The third-order valence-corrected chi connectivity index (χ3v) is 3.42. The van der Waals surface area contributed by atoms with Gasteiger partial charge in [0.05, 0.1) is 0 Å². The molecule has 88 valence electrons. The Morgan fingerprint density at radius 1 is 1.50 bits per heavy atom. The zero-order valence-electron chi connectivity index (χ0n) is 9.63. The minimum Gasteiger partial charge on any atom is -0.313 e. The van der Waals surface area contributed by atoms with Crippen molar-refractivity contribution in [2.45, 2.75) is 18.2 Å². The average molecular weight is 256 g/mol. The maximum Gasteiger partial charge on any atom is 0.0417 e. The quantitative estimate of drug-likeness (QED) is 0.449. The van der Waals surface area contributed by atoms with E-state index in [0.29, 0.717) is 0 Å². The van der Waals surface area contributed by atoms with Crippen molar-refractivity contribution in [2.75, 3.05) is 18.8 Å². The maximum absolute atomic E-state index is 5.91. The van der Waals surface area contributed by atoms with Gasteiger partial charge >= 0.3 is 0 Å². The molecule has 1 rings (SSSR count). The van der Waals surface area contributed by atoms with Crippen LogP contribution < -0.4 is 5.32 Å². The normalized spacial score (nSPS) is 10.4. The molecule has 0 saturated carbocycles. The molecule has 0 heterocycles. The van der Waals surface area contributed by atoms with Crippen LogP contribution in [0.15, 0.2) is 41.3 Å². The summed E-state index contributed by atoms with van der Waals surface area (Å²) in [7, 11) is 0. The number of benzene rings is 1. The molecule has 0 aliphatic carbocycles. The highest BCUT2D eigenvalue weighted by molar-refractivity contribution is 7.99. The molecule has 0 aliphatic heterocycles. The predicted molar refractivity (Wildman–Crippen MR) is 74.5 cm³/mol. The van der Waals surface area contributed by atoms with E-state index in [2.05, 4.69) is 24.9 Å². The van der Waals surface area contributed by atoms with Gasteiger partial charge in [0, 0.05) is 22.2 Å². The lowest BCUT2D eigenvalue weighted by Crippen LogP contribution is -2.18. The van der Waals surface area contributed by atoms with Gasteiger partial charge in [-0.15, -0.1) is 11.8 Å². The smallest absolute Gasteiger partial charge is 0.0417 e. The van der Waals surface area contributed by atoms with Gasteiger partial charge in [0.2, 0.25) is 0 Å². The SMILES string of the molecule is C=C(CNCCC)CSc1cccc(Cl)c1. The summed E-state index contributed by atoms with van der Waals surface area (Å²) in [5, 5.41) is 4.13. The highest BCUT2D eigenvalue weighted by atomic mass is 35.5. The zero-order valence-corrected chi connectivity index (χ0v) is 11.2. The Labute approximate surface area is 107 Å². The van der Waals surface area contributed by atoms with Crippen LogP contribution in [0.4, 0.5) is 0 Å². The van der Waals surface area contributed by atoms with E-state index in [9.17, 15) is 0 Å². The molecule has 0 spiro atoms. The average Bonchev–Trinajstić information content (AvgIpc) is 2.27. The van der Waals surface area contributed by atoms with Crippen LogP contribution in [0, 0.1) is 0 Å². The Morgan fingerprint density at radius 2 is 2.31 bits per heavy atom. The fourth-order valence-electron chi connectivity index (χ4n) is 1.24. The van der Waals surface area contributed by atoms with Gasteiger partial charge in [-0.3, -0.25) is 0 Å². The van der Waals surface area contributed by atoms with Crippen molar-refractivity contribution in [3.05, 3.63) is 41.4 Å². The lowest BCUT2D eigenvalue weighted by molar-refractivity contribution is 0.716. The molecule has 0 bridgehead atoms. The van der Waals surface area contributed by atoms with Gasteiger partial charge in [0.25, 0.3) is 0 Å². The van der Waals surface area contributed by atoms with Gasteiger partial charge in [0.1, 0.15) is 0 Å². The molecule has 0 fully saturated rings. The monoisotopic (exact) mass is 255 g/mol. The molecule has 1 N–H and O–H groups in total. The van der Waals surface area contributed by atoms with Gasteiger partial charge in [-0.1, -0.05) is 36.7 Å². The molecule has 1 nitrogen and oxygen atoms in total. The van der Waals surface area contributed by atoms with Crippen molar-refractivity contribution >= 4 is 23.4 Å². The Balaban J connectivity index is 2.26. The minimum absolute atomic E-state index is 0.791. The summed E-state index contributed by atoms with van der Waals surface area (Å²) in [6, 6.07) is 7.92. The molecule has 0 atom stereocenters. The second kappa shape index (κ2) is 7.77. The lowest BCUT2D eigenvalue weighted by Gasteiger charge is -2.07. The number of hydrogen-bond donors (Lipinski definition) is 1. The summed E-state index contributed by atoms with van der Waals surface area (Å²) in [6.45, 7) is 8.17. The van der Waals surface area contributed by atoms with Gasteiger partial charge in [-0.2, -0.15) is 0 Å². The summed E-state index contributed by atoms with van der Waals surface area (Å²) in [4.78, 5) is 1.20. The fraction of sp³-hybridized carbons (Fsp3) is 0.385. The Hall–Kier alpha value is -0.440. The molecule has 0 radical (unpaired) electrons. The second-order valence-electron chi connectivity index (χ2n) is 3.67. The Kier molecular flexibility index (Phi) is 6.62. The van der Waals surface area contributed by atoms with Crippen molar-refractivity contribution in [3.63, 3.8) is 0 Å². The van der Waals surface area contributed by atoms with Crippen LogP contribution in [-0.2, 0) is 0 Å². The summed E-state index contributed by atoms with van der Waals surface area (Å²) in [6.07, 6.45) is 1.16. The summed E-state index contributed by atoms with van der Waals surface area (Å²) in [5.41, 5.74) is 1.22. The van der Waals surface area contributed by atoms with Gasteiger partial charge in [0.15, 0.2) is 0 Å². The molecule has 1 aromatic rings. The zero-order chi connectivity index (χ0) is 11.8. The largest absolute Gasteiger partial charge is 0.313 e. The van der Waals surface area contributed by atoms with Crippen LogP contribution in [0.1, 0.15) is 13.3 Å². The minimum atomic E-state index is 0.791. The van der Waals surface area contributed by atoms with E-state index in [1.165, 1.54) is 10.5 Å². The molecular formula is C13H18ClNS. The number of thioether (sulfide) groups is 1. The molecule has 16 heavy (non-hydrogen) atoms. The first-order valence-electron chi connectivity index (χ1n) is 5.48.